The van der Waals surface area contributed by atoms with E-state index in [1.165, 1.54) is 19.3 Å². The Morgan fingerprint density at radius 2 is 1.91 bits per heavy atom. The zero-order valence-electron chi connectivity index (χ0n) is 20.0. The lowest BCUT2D eigenvalue weighted by Crippen LogP contribution is -2.47. The van der Waals surface area contributed by atoms with Crippen molar-refractivity contribution in [1.82, 2.24) is 4.57 Å². The van der Waals surface area contributed by atoms with Gasteiger partial charge in [-0.05, 0) is 79.5 Å². The van der Waals surface area contributed by atoms with Crippen LogP contribution >= 0.6 is 0 Å². The van der Waals surface area contributed by atoms with Crippen molar-refractivity contribution in [3.05, 3.63) is 88.4 Å². The standard InChI is InChI=1S/C30H32N2O2/c1-20(23-7-4-3-5-8-23)32-12-11-24-25(28(32)34)9-6-10-26(24)31-27(33)18-30-16-21-13-22(17-30)15-29(2,14-21)19-30/h3-12,14,20,22H,13,15-19H2,1-2H3,(H,31,33). The quantitative estimate of drug-likeness (QED) is 0.451. The van der Waals surface area contributed by atoms with E-state index in [0.29, 0.717) is 11.8 Å². The van der Waals surface area contributed by atoms with Gasteiger partial charge in [-0.25, -0.2) is 0 Å². The first-order valence-electron chi connectivity index (χ1n) is 12.5. The van der Waals surface area contributed by atoms with E-state index in [0.717, 1.165) is 35.4 Å². The largest absolute Gasteiger partial charge is 0.325 e. The second kappa shape index (κ2) is 7.69. The van der Waals surface area contributed by atoms with Gasteiger partial charge in [-0.3, -0.25) is 9.59 Å². The third-order valence-corrected chi connectivity index (χ3v) is 8.44. The van der Waals surface area contributed by atoms with Gasteiger partial charge in [0.25, 0.3) is 5.56 Å². The van der Waals surface area contributed by atoms with E-state index in [1.807, 2.05) is 67.7 Å². The summed E-state index contributed by atoms with van der Waals surface area (Å²) in [5, 5.41) is 4.61. The molecule has 1 N–H and O–H groups in total. The molecular weight excluding hydrogens is 420 g/mol. The number of pyridine rings is 1. The number of carbonyl (C=O) groups excluding carboxylic acids is 1. The fraction of sp³-hybridized carbons (Fsp3) is 0.400. The number of anilines is 1. The highest BCUT2D eigenvalue weighted by Gasteiger charge is 2.52. The summed E-state index contributed by atoms with van der Waals surface area (Å²) < 4.78 is 1.77. The highest BCUT2D eigenvalue weighted by atomic mass is 16.1. The van der Waals surface area contributed by atoms with E-state index in [9.17, 15) is 9.59 Å². The number of nitrogens with one attached hydrogen (secondary N) is 1. The number of hydrogen-bond donors (Lipinski definition) is 1. The van der Waals surface area contributed by atoms with Crippen LogP contribution in [0.1, 0.15) is 64.0 Å². The zero-order chi connectivity index (χ0) is 23.5. The first kappa shape index (κ1) is 21.4. The number of fused-ring (bicyclic) bond motifs is 1. The van der Waals surface area contributed by atoms with Crippen molar-refractivity contribution in [2.45, 2.75) is 58.4 Å². The van der Waals surface area contributed by atoms with Crippen molar-refractivity contribution in [2.75, 3.05) is 5.32 Å². The zero-order valence-corrected chi connectivity index (χ0v) is 20.0. The molecule has 0 aliphatic heterocycles. The number of allylic oxidation sites excluding steroid dienone is 2. The second-order valence-electron chi connectivity index (χ2n) is 11.4. The molecular formula is C30H32N2O2. The van der Waals surface area contributed by atoms with Crippen molar-refractivity contribution in [3.8, 4) is 0 Å². The maximum atomic E-state index is 13.4. The molecule has 4 atom stereocenters. The highest BCUT2D eigenvalue weighted by molar-refractivity contribution is 6.02. The van der Waals surface area contributed by atoms with E-state index in [-0.39, 0.29) is 28.3 Å². The fourth-order valence-electron chi connectivity index (χ4n) is 7.59. The van der Waals surface area contributed by atoms with E-state index < -0.39 is 0 Å². The van der Waals surface area contributed by atoms with Gasteiger partial charge in [-0.1, -0.05) is 55.0 Å². The molecule has 4 unspecified atom stereocenters. The Morgan fingerprint density at radius 3 is 2.68 bits per heavy atom. The van der Waals surface area contributed by atoms with Crippen LogP contribution in [0.3, 0.4) is 0 Å². The Labute approximate surface area is 200 Å². The molecule has 4 heteroatoms. The van der Waals surface area contributed by atoms with Crippen LogP contribution in [0.4, 0.5) is 5.69 Å². The van der Waals surface area contributed by atoms with Crippen LogP contribution in [0.2, 0.25) is 0 Å². The number of rotatable bonds is 5. The van der Waals surface area contributed by atoms with Crippen molar-refractivity contribution in [1.29, 1.82) is 0 Å². The average Bonchev–Trinajstić information content (AvgIpc) is 2.78. The van der Waals surface area contributed by atoms with E-state index in [2.05, 4.69) is 18.3 Å². The normalized spacial score (nSPS) is 28.1. The molecule has 174 valence electrons. The lowest BCUT2D eigenvalue weighted by molar-refractivity contribution is -0.121. The molecule has 1 heterocycles. The summed E-state index contributed by atoms with van der Waals surface area (Å²) in [6.45, 7) is 4.41. The predicted molar refractivity (Wildman–Crippen MR) is 137 cm³/mol. The van der Waals surface area contributed by atoms with Crippen LogP contribution in [0.25, 0.3) is 10.8 Å². The van der Waals surface area contributed by atoms with Crippen LogP contribution in [-0.4, -0.2) is 10.5 Å². The molecule has 4 aliphatic carbocycles. The summed E-state index contributed by atoms with van der Waals surface area (Å²) in [6.07, 6.45) is 10.8. The molecule has 4 aliphatic rings. The van der Waals surface area contributed by atoms with Crippen molar-refractivity contribution in [3.63, 3.8) is 0 Å². The van der Waals surface area contributed by atoms with E-state index >= 15 is 0 Å². The number of nitrogens with zero attached hydrogens (tertiary/aromatic N) is 1. The van der Waals surface area contributed by atoms with Gasteiger partial charge in [0, 0.05) is 29.1 Å². The minimum Gasteiger partial charge on any atom is -0.325 e. The van der Waals surface area contributed by atoms with Gasteiger partial charge in [0.05, 0.1) is 6.04 Å². The fourth-order valence-corrected chi connectivity index (χ4v) is 7.59. The van der Waals surface area contributed by atoms with Gasteiger partial charge in [0.15, 0.2) is 0 Å². The second-order valence-corrected chi connectivity index (χ2v) is 11.4. The SMILES string of the molecule is CC(c1ccccc1)n1ccc2c(NC(=O)CC34CC5=CC(C)(CC(C5)C3)C4)cccc2c1=O. The molecule has 34 heavy (non-hydrogen) atoms. The molecule has 0 radical (unpaired) electrons. The molecule has 4 bridgehead atoms. The van der Waals surface area contributed by atoms with Crippen molar-refractivity contribution in [2.24, 2.45) is 16.7 Å². The maximum absolute atomic E-state index is 13.4. The van der Waals surface area contributed by atoms with Gasteiger partial charge in [0.2, 0.25) is 5.91 Å². The molecule has 7 rings (SSSR count). The molecule has 2 fully saturated rings. The highest BCUT2D eigenvalue weighted by Crippen LogP contribution is 2.63. The van der Waals surface area contributed by atoms with Crippen LogP contribution < -0.4 is 10.9 Å². The van der Waals surface area contributed by atoms with E-state index in [4.69, 9.17) is 0 Å². The number of benzene rings is 2. The first-order chi connectivity index (χ1) is 16.3. The van der Waals surface area contributed by atoms with Crippen LogP contribution in [0.5, 0.6) is 0 Å². The Morgan fingerprint density at radius 1 is 1.09 bits per heavy atom. The molecule has 1 amide bonds. The predicted octanol–water partition coefficient (Wildman–Crippen LogP) is 6.47. The lowest BCUT2D eigenvalue weighted by Gasteiger charge is -2.57. The lowest BCUT2D eigenvalue weighted by atomic mass is 9.48. The molecule has 1 aromatic heterocycles. The molecule has 0 saturated heterocycles. The smallest absolute Gasteiger partial charge is 0.259 e. The molecule has 3 aromatic rings. The number of aromatic nitrogens is 1. The van der Waals surface area contributed by atoms with Gasteiger partial charge in [-0.2, -0.15) is 0 Å². The maximum Gasteiger partial charge on any atom is 0.259 e. The first-order valence-corrected chi connectivity index (χ1v) is 12.5. The van der Waals surface area contributed by atoms with Gasteiger partial charge in [0.1, 0.15) is 0 Å². The Balaban J connectivity index is 1.26. The Hall–Kier alpha value is -3.14. The van der Waals surface area contributed by atoms with Crippen LogP contribution in [0, 0.1) is 16.7 Å². The monoisotopic (exact) mass is 452 g/mol. The van der Waals surface area contributed by atoms with Gasteiger partial charge < -0.3 is 9.88 Å². The Bertz CT molecular complexity index is 1370. The van der Waals surface area contributed by atoms with Gasteiger partial charge in [-0.15, -0.1) is 0 Å². The summed E-state index contributed by atoms with van der Waals surface area (Å²) in [7, 11) is 0. The van der Waals surface area contributed by atoms with Crippen LogP contribution in [0.15, 0.2) is 77.2 Å². The summed E-state index contributed by atoms with van der Waals surface area (Å²) in [5.41, 5.74) is 3.73. The number of carbonyl (C=O) groups is 1. The van der Waals surface area contributed by atoms with Crippen molar-refractivity contribution >= 4 is 22.4 Å². The number of amides is 1. The van der Waals surface area contributed by atoms with E-state index in [1.54, 1.807) is 10.1 Å². The minimum atomic E-state index is -0.0666. The third-order valence-electron chi connectivity index (χ3n) is 8.44. The summed E-state index contributed by atoms with van der Waals surface area (Å²) in [5.74, 6) is 0.809. The minimum absolute atomic E-state index is 0.0362. The van der Waals surface area contributed by atoms with Crippen LogP contribution in [-0.2, 0) is 4.79 Å². The molecule has 2 saturated carbocycles. The number of hydrogen-bond acceptors (Lipinski definition) is 2. The topological polar surface area (TPSA) is 51.1 Å². The van der Waals surface area contributed by atoms with Crippen molar-refractivity contribution < 1.29 is 4.79 Å². The van der Waals surface area contributed by atoms with Gasteiger partial charge >= 0.3 is 0 Å². The average molecular weight is 453 g/mol. The Kier molecular flexibility index (Phi) is 4.84. The summed E-state index contributed by atoms with van der Waals surface area (Å²) in [4.78, 5) is 26.6. The molecule has 4 nitrogen and oxygen atoms in total. The molecule has 2 aromatic carbocycles. The third kappa shape index (κ3) is 3.60. The summed E-state index contributed by atoms with van der Waals surface area (Å²) in [6, 6.07) is 17.6. The molecule has 0 spiro atoms. The summed E-state index contributed by atoms with van der Waals surface area (Å²) >= 11 is 0.